The number of aryl methyl sites for hydroxylation is 2. The highest BCUT2D eigenvalue weighted by Gasteiger charge is 2.17. The summed E-state index contributed by atoms with van der Waals surface area (Å²) in [6.07, 6.45) is 0. The summed E-state index contributed by atoms with van der Waals surface area (Å²) >= 11 is 8.08. The Labute approximate surface area is 129 Å². The van der Waals surface area contributed by atoms with Gasteiger partial charge in [0.05, 0.1) is 18.2 Å². The van der Waals surface area contributed by atoms with Crippen LogP contribution in [0.4, 0.5) is 0 Å². The lowest BCUT2D eigenvalue weighted by molar-refractivity contribution is 0.414. The van der Waals surface area contributed by atoms with Crippen LogP contribution >= 0.6 is 22.9 Å². The van der Waals surface area contributed by atoms with Crippen molar-refractivity contribution in [1.29, 1.82) is 0 Å². The zero-order valence-corrected chi connectivity index (χ0v) is 13.9. The third-order valence-electron chi connectivity index (χ3n) is 3.39. The molecule has 0 radical (unpaired) electrons. The summed E-state index contributed by atoms with van der Waals surface area (Å²) in [4.78, 5) is 2.69. The first kappa shape index (κ1) is 15.4. The summed E-state index contributed by atoms with van der Waals surface area (Å²) in [6, 6.07) is 8.42. The number of hydrogen-bond donors (Lipinski definition) is 1. The minimum absolute atomic E-state index is 0.181. The predicted molar refractivity (Wildman–Crippen MR) is 87.3 cm³/mol. The van der Waals surface area contributed by atoms with Crippen molar-refractivity contribution in [2.75, 3.05) is 13.7 Å². The predicted octanol–water partition coefficient (Wildman–Crippen LogP) is 4.73. The molecule has 0 amide bonds. The molecule has 1 atom stereocenters. The lowest BCUT2D eigenvalue weighted by Crippen LogP contribution is -2.21. The second kappa shape index (κ2) is 6.61. The fraction of sp³-hybridized carbons (Fsp3) is 0.375. The van der Waals surface area contributed by atoms with Gasteiger partial charge in [0.15, 0.2) is 0 Å². The molecule has 0 saturated heterocycles. The second-order valence-corrected chi connectivity index (χ2v) is 6.47. The van der Waals surface area contributed by atoms with Crippen molar-refractivity contribution in [3.63, 3.8) is 0 Å². The molecule has 20 heavy (non-hydrogen) atoms. The van der Waals surface area contributed by atoms with Gasteiger partial charge in [-0.25, -0.2) is 0 Å². The minimum Gasteiger partial charge on any atom is -0.495 e. The Kier molecular flexibility index (Phi) is 5.08. The number of hydrogen-bond acceptors (Lipinski definition) is 3. The van der Waals surface area contributed by atoms with Gasteiger partial charge in [0.1, 0.15) is 5.75 Å². The molecule has 0 spiro atoms. The Hall–Kier alpha value is -1.03. The number of methoxy groups -OCH3 is 1. The standard InChI is InChI=1S/C16H20ClNOS/c1-5-18-16(15-8-10(2)11(3)20-15)12-6-7-14(19-4)13(17)9-12/h6-9,16,18H,5H2,1-4H3. The fourth-order valence-electron chi connectivity index (χ4n) is 2.19. The van der Waals surface area contributed by atoms with Crippen LogP contribution in [0, 0.1) is 13.8 Å². The van der Waals surface area contributed by atoms with E-state index in [0.29, 0.717) is 10.8 Å². The Morgan fingerprint density at radius 3 is 2.55 bits per heavy atom. The SMILES string of the molecule is CCNC(c1ccc(OC)c(Cl)c1)c1cc(C)c(C)s1. The highest BCUT2D eigenvalue weighted by atomic mass is 35.5. The maximum Gasteiger partial charge on any atom is 0.137 e. The topological polar surface area (TPSA) is 21.3 Å². The summed E-state index contributed by atoms with van der Waals surface area (Å²) in [5, 5.41) is 4.18. The van der Waals surface area contributed by atoms with Crippen molar-refractivity contribution < 1.29 is 4.74 Å². The molecule has 1 aromatic carbocycles. The average Bonchev–Trinajstić information content (AvgIpc) is 2.75. The molecule has 0 bridgehead atoms. The Morgan fingerprint density at radius 2 is 2.05 bits per heavy atom. The fourth-order valence-corrected chi connectivity index (χ4v) is 3.61. The van der Waals surface area contributed by atoms with E-state index in [0.717, 1.165) is 6.54 Å². The van der Waals surface area contributed by atoms with E-state index in [1.54, 1.807) is 7.11 Å². The van der Waals surface area contributed by atoms with E-state index in [1.165, 1.54) is 20.9 Å². The van der Waals surface area contributed by atoms with E-state index >= 15 is 0 Å². The molecule has 1 aromatic heterocycles. The van der Waals surface area contributed by atoms with E-state index in [2.05, 4.69) is 38.2 Å². The Morgan fingerprint density at radius 1 is 1.30 bits per heavy atom. The first-order valence-corrected chi connectivity index (χ1v) is 7.90. The molecule has 0 aliphatic carbocycles. The molecule has 2 nitrogen and oxygen atoms in total. The molecule has 1 N–H and O–H groups in total. The van der Waals surface area contributed by atoms with E-state index in [-0.39, 0.29) is 6.04 Å². The van der Waals surface area contributed by atoms with Crippen LogP contribution in [-0.2, 0) is 0 Å². The number of rotatable bonds is 5. The van der Waals surface area contributed by atoms with Crippen molar-refractivity contribution >= 4 is 22.9 Å². The third-order valence-corrected chi connectivity index (χ3v) is 4.90. The number of halogens is 1. The van der Waals surface area contributed by atoms with Gasteiger partial charge in [-0.1, -0.05) is 24.6 Å². The molecular weight excluding hydrogens is 290 g/mol. The first-order valence-electron chi connectivity index (χ1n) is 6.70. The van der Waals surface area contributed by atoms with Crippen molar-refractivity contribution in [2.24, 2.45) is 0 Å². The molecule has 1 heterocycles. The quantitative estimate of drug-likeness (QED) is 0.862. The lowest BCUT2D eigenvalue weighted by Gasteiger charge is -2.18. The van der Waals surface area contributed by atoms with Gasteiger partial charge in [-0.2, -0.15) is 0 Å². The summed E-state index contributed by atoms with van der Waals surface area (Å²) in [5.41, 5.74) is 2.51. The molecule has 108 valence electrons. The first-order chi connectivity index (χ1) is 9.56. The summed E-state index contributed by atoms with van der Waals surface area (Å²) in [6.45, 7) is 7.34. The summed E-state index contributed by atoms with van der Waals surface area (Å²) in [7, 11) is 1.63. The monoisotopic (exact) mass is 309 g/mol. The van der Waals surface area contributed by atoms with Gasteiger partial charge in [0, 0.05) is 9.75 Å². The molecule has 4 heteroatoms. The molecule has 1 unspecified atom stereocenters. The molecular formula is C16H20ClNOS. The average molecular weight is 310 g/mol. The van der Waals surface area contributed by atoms with Crippen molar-refractivity contribution in [1.82, 2.24) is 5.32 Å². The van der Waals surface area contributed by atoms with E-state index in [1.807, 2.05) is 23.5 Å². The van der Waals surface area contributed by atoms with Crippen LogP contribution in [-0.4, -0.2) is 13.7 Å². The third kappa shape index (κ3) is 3.17. The number of nitrogens with one attached hydrogen (secondary N) is 1. The van der Waals surface area contributed by atoms with Gasteiger partial charge < -0.3 is 10.1 Å². The molecule has 2 aromatic rings. The second-order valence-electron chi connectivity index (χ2n) is 4.77. The van der Waals surface area contributed by atoms with Gasteiger partial charge in [0.25, 0.3) is 0 Å². The van der Waals surface area contributed by atoms with Crippen LogP contribution in [0.5, 0.6) is 5.75 Å². The molecule has 0 aliphatic heterocycles. The smallest absolute Gasteiger partial charge is 0.137 e. The maximum atomic E-state index is 6.25. The van der Waals surface area contributed by atoms with Gasteiger partial charge in [-0.15, -0.1) is 11.3 Å². The van der Waals surface area contributed by atoms with Gasteiger partial charge >= 0.3 is 0 Å². The molecule has 0 aliphatic rings. The van der Waals surface area contributed by atoms with Crippen LogP contribution in [0.2, 0.25) is 5.02 Å². The number of thiophene rings is 1. The van der Waals surface area contributed by atoms with Crippen molar-refractivity contribution in [3.05, 3.63) is 50.2 Å². The van der Waals surface area contributed by atoms with Crippen LogP contribution in [0.3, 0.4) is 0 Å². The summed E-state index contributed by atoms with van der Waals surface area (Å²) in [5.74, 6) is 0.712. The Balaban J connectivity index is 2.40. The highest BCUT2D eigenvalue weighted by Crippen LogP contribution is 2.34. The zero-order valence-electron chi connectivity index (χ0n) is 12.3. The molecule has 0 saturated carbocycles. The van der Waals surface area contributed by atoms with E-state index in [9.17, 15) is 0 Å². The van der Waals surface area contributed by atoms with Crippen LogP contribution in [0.15, 0.2) is 24.3 Å². The van der Waals surface area contributed by atoms with Gasteiger partial charge in [0.2, 0.25) is 0 Å². The zero-order chi connectivity index (χ0) is 14.7. The van der Waals surface area contributed by atoms with E-state index in [4.69, 9.17) is 16.3 Å². The minimum atomic E-state index is 0.181. The maximum absolute atomic E-state index is 6.25. The lowest BCUT2D eigenvalue weighted by atomic mass is 10.0. The number of ether oxygens (including phenoxy) is 1. The van der Waals surface area contributed by atoms with Crippen molar-refractivity contribution in [2.45, 2.75) is 26.8 Å². The molecule has 2 rings (SSSR count). The van der Waals surface area contributed by atoms with Crippen LogP contribution in [0.1, 0.15) is 33.8 Å². The van der Waals surface area contributed by atoms with Gasteiger partial charge in [-0.3, -0.25) is 0 Å². The van der Waals surface area contributed by atoms with Gasteiger partial charge in [-0.05, 0) is 49.7 Å². The van der Waals surface area contributed by atoms with Crippen LogP contribution in [0.25, 0.3) is 0 Å². The van der Waals surface area contributed by atoms with Crippen molar-refractivity contribution in [3.8, 4) is 5.75 Å². The number of benzene rings is 1. The van der Waals surface area contributed by atoms with Crippen LogP contribution < -0.4 is 10.1 Å². The largest absolute Gasteiger partial charge is 0.495 e. The summed E-state index contributed by atoms with van der Waals surface area (Å²) < 4.78 is 5.22. The van der Waals surface area contributed by atoms with E-state index < -0.39 is 0 Å². The Bertz CT molecular complexity index is 575. The molecule has 0 fully saturated rings. The highest BCUT2D eigenvalue weighted by molar-refractivity contribution is 7.12. The normalized spacial score (nSPS) is 12.4.